The molecule has 3 nitrogen and oxygen atoms in total. The van der Waals surface area contributed by atoms with Crippen molar-refractivity contribution in [3.63, 3.8) is 0 Å². The van der Waals surface area contributed by atoms with Crippen molar-refractivity contribution in [3.8, 4) is 6.07 Å². The van der Waals surface area contributed by atoms with Crippen molar-refractivity contribution >= 4 is 0 Å². The first kappa shape index (κ1) is 16.8. The molecule has 15 heavy (non-hydrogen) atoms. The van der Waals surface area contributed by atoms with Gasteiger partial charge in [-0.15, -0.1) is 0 Å². The second-order valence-corrected chi connectivity index (χ2v) is 5.68. The van der Waals surface area contributed by atoms with Gasteiger partial charge in [0, 0.05) is 5.92 Å². The van der Waals surface area contributed by atoms with Crippen LogP contribution >= 0.6 is 0 Å². The van der Waals surface area contributed by atoms with E-state index in [0.717, 1.165) is 0 Å². The van der Waals surface area contributed by atoms with Gasteiger partial charge in [0.25, 0.3) is 0 Å². The molecule has 0 aliphatic heterocycles. The summed E-state index contributed by atoms with van der Waals surface area (Å²) in [5.74, 6) is 0.190. The van der Waals surface area contributed by atoms with E-state index in [1.165, 1.54) is 0 Å². The van der Waals surface area contributed by atoms with Gasteiger partial charge in [-0.1, -0.05) is 0 Å². The highest BCUT2D eigenvalue weighted by Gasteiger charge is 2.18. The number of nitriles is 1. The van der Waals surface area contributed by atoms with Crippen molar-refractivity contribution in [1.29, 1.82) is 5.26 Å². The minimum atomic E-state index is -0.215. The van der Waals surface area contributed by atoms with Gasteiger partial charge in [0.15, 0.2) is 0 Å². The fraction of sp³-hybridized carbons (Fsp3) is 0.917. The zero-order valence-electron chi connectivity index (χ0n) is 11.3. The molecule has 0 unspecified atom stereocenters. The molecule has 3 heteroatoms. The van der Waals surface area contributed by atoms with Crippen molar-refractivity contribution in [2.75, 3.05) is 0 Å². The van der Waals surface area contributed by atoms with Crippen LogP contribution in [0.1, 0.15) is 55.4 Å². The lowest BCUT2D eigenvalue weighted by molar-refractivity contribution is -0.393. The average molecular weight is 215 g/mol. The zero-order valence-corrected chi connectivity index (χ0v) is 11.3. The summed E-state index contributed by atoms with van der Waals surface area (Å²) in [6.45, 7) is 15.5. The molecular weight excluding hydrogens is 190 g/mol. The van der Waals surface area contributed by atoms with Gasteiger partial charge in [0.2, 0.25) is 0 Å². The Morgan fingerprint density at radius 1 is 0.867 bits per heavy atom. The summed E-state index contributed by atoms with van der Waals surface area (Å²) < 4.78 is 0. The van der Waals surface area contributed by atoms with Crippen LogP contribution in [0.15, 0.2) is 0 Å². The van der Waals surface area contributed by atoms with Crippen LogP contribution in [-0.2, 0) is 9.78 Å². The van der Waals surface area contributed by atoms with Gasteiger partial charge in [-0.25, -0.2) is 9.78 Å². The molecule has 0 aliphatic rings. The van der Waals surface area contributed by atoms with Gasteiger partial charge in [-0.2, -0.15) is 5.26 Å². The van der Waals surface area contributed by atoms with Gasteiger partial charge >= 0.3 is 0 Å². The van der Waals surface area contributed by atoms with Gasteiger partial charge in [0.05, 0.1) is 17.3 Å². The fourth-order valence-corrected chi connectivity index (χ4v) is 0.250. The largest absolute Gasteiger partial charge is 0.230 e. The van der Waals surface area contributed by atoms with Crippen molar-refractivity contribution in [3.05, 3.63) is 0 Å². The Labute approximate surface area is 94.3 Å². The molecule has 0 amide bonds. The number of hydrogen-bond acceptors (Lipinski definition) is 3. The van der Waals surface area contributed by atoms with E-state index in [0.29, 0.717) is 0 Å². The quantitative estimate of drug-likeness (QED) is 0.495. The molecule has 0 aromatic heterocycles. The molecule has 0 N–H and O–H groups in total. The van der Waals surface area contributed by atoms with Crippen LogP contribution in [0.5, 0.6) is 0 Å². The van der Waals surface area contributed by atoms with E-state index < -0.39 is 0 Å². The molecule has 0 rings (SSSR count). The first-order chi connectivity index (χ1) is 6.48. The molecule has 0 fully saturated rings. The van der Waals surface area contributed by atoms with Crippen molar-refractivity contribution in [1.82, 2.24) is 0 Å². The van der Waals surface area contributed by atoms with Gasteiger partial charge in [-0.05, 0) is 55.4 Å². The maximum atomic E-state index is 7.89. The predicted octanol–water partition coefficient (Wildman–Crippen LogP) is 3.70. The second kappa shape index (κ2) is 6.81. The van der Waals surface area contributed by atoms with E-state index in [4.69, 9.17) is 15.0 Å². The molecule has 0 bridgehead atoms. The summed E-state index contributed by atoms with van der Waals surface area (Å²) in [7, 11) is 0. The molecule has 90 valence electrons. The summed E-state index contributed by atoms with van der Waals surface area (Å²) >= 11 is 0. The molecular formula is C12H25NO2. The lowest BCUT2D eigenvalue weighted by atomic mass is 10.2. The summed E-state index contributed by atoms with van der Waals surface area (Å²) in [6, 6.07) is 2.03. The molecule has 0 heterocycles. The van der Waals surface area contributed by atoms with Crippen LogP contribution in [0.25, 0.3) is 0 Å². The minimum Gasteiger partial charge on any atom is -0.230 e. The summed E-state index contributed by atoms with van der Waals surface area (Å²) in [5, 5.41) is 7.89. The van der Waals surface area contributed by atoms with Gasteiger partial charge in [-0.3, -0.25) is 0 Å². The molecule has 0 radical (unpaired) electrons. The zero-order chi connectivity index (χ0) is 12.7. The highest BCUT2D eigenvalue weighted by molar-refractivity contribution is 4.72. The lowest BCUT2D eigenvalue weighted by Crippen LogP contribution is -2.27. The molecule has 0 spiro atoms. The Morgan fingerprint density at radius 3 is 1.13 bits per heavy atom. The van der Waals surface area contributed by atoms with E-state index in [-0.39, 0.29) is 17.1 Å². The van der Waals surface area contributed by atoms with Crippen LogP contribution in [0.4, 0.5) is 0 Å². The maximum absolute atomic E-state index is 7.89. The van der Waals surface area contributed by atoms with Crippen LogP contribution < -0.4 is 0 Å². The lowest BCUT2D eigenvalue weighted by Gasteiger charge is -2.24. The van der Waals surface area contributed by atoms with E-state index in [1.807, 2.05) is 61.5 Å². The van der Waals surface area contributed by atoms with E-state index in [1.54, 1.807) is 0 Å². The third-order valence-electron chi connectivity index (χ3n) is 0.800. The third-order valence-corrected chi connectivity index (χ3v) is 0.800. The topological polar surface area (TPSA) is 42.2 Å². The normalized spacial score (nSPS) is 11.7. The Hall–Kier alpha value is -0.590. The monoisotopic (exact) mass is 215 g/mol. The molecule has 0 aromatic rings. The highest BCUT2D eigenvalue weighted by atomic mass is 17.2. The summed E-state index contributed by atoms with van der Waals surface area (Å²) in [6.07, 6.45) is 0. The molecule has 0 atom stereocenters. The Bertz CT molecular complexity index is 177. The Balaban J connectivity index is 0. The highest BCUT2D eigenvalue weighted by Crippen LogP contribution is 2.14. The van der Waals surface area contributed by atoms with Crippen LogP contribution in [-0.4, -0.2) is 11.2 Å². The van der Waals surface area contributed by atoms with Crippen LogP contribution in [0, 0.1) is 17.2 Å². The number of rotatable bonds is 1. The van der Waals surface area contributed by atoms with E-state index in [2.05, 4.69) is 0 Å². The fourth-order valence-electron chi connectivity index (χ4n) is 0.250. The predicted molar refractivity (Wildman–Crippen MR) is 62.1 cm³/mol. The summed E-state index contributed by atoms with van der Waals surface area (Å²) in [5.41, 5.74) is -0.430. The third kappa shape index (κ3) is 24.7. The Kier molecular flexibility index (Phi) is 7.64. The average Bonchev–Trinajstić information content (AvgIpc) is 2.00. The number of nitrogens with zero attached hydrogens (tertiary/aromatic N) is 1. The molecule has 0 saturated heterocycles. The van der Waals surface area contributed by atoms with Gasteiger partial charge < -0.3 is 0 Å². The van der Waals surface area contributed by atoms with Crippen LogP contribution in [0.3, 0.4) is 0 Å². The first-order valence-corrected chi connectivity index (χ1v) is 5.24. The Morgan fingerprint density at radius 2 is 1.07 bits per heavy atom. The smallest absolute Gasteiger partial charge is 0.0952 e. The number of hydrogen-bond donors (Lipinski definition) is 0. The van der Waals surface area contributed by atoms with Crippen molar-refractivity contribution in [2.24, 2.45) is 5.92 Å². The van der Waals surface area contributed by atoms with E-state index in [9.17, 15) is 0 Å². The second-order valence-electron chi connectivity index (χ2n) is 5.68. The van der Waals surface area contributed by atoms with Crippen molar-refractivity contribution < 1.29 is 9.78 Å². The maximum Gasteiger partial charge on any atom is 0.0952 e. The molecule has 0 aliphatic carbocycles. The first-order valence-electron chi connectivity index (χ1n) is 5.24. The molecule has 0 aromatic carbocycles. The van der Waals surface area contributed by atoms with Crippen molar-refractivity contribution in [2.45, 2.75) is 66.6 Å². The summed E-state index contributed by atoms with van der Waals surface area (Å²) in [4.78, 5) is 10.2. The van der Waals surface area contributed by atoms with E-state index >= 15 is 0 Å². The molecule has 0 saturated carbocycles. The minimum absolute atomic E-state index is 0.190. The van der Waals surface area contributed by atoms with Gasteiger partial charge in [0.1, 0.15) is 0 Å². The SMILES string of the molecule is CC(C)(C)OOC(C)(C)C.CC(C)C#N. The van der Waals surface area contributed by atoms with Crippen LogP contribution in [0.2, 0.25) is 0 Å². The standard InChI is InChI=1S/C8H18O2.C4H7N/c1-7(2,3)9-10-8(4,5)6;1-4(2)3-5/h1-6H3;4H,1-2H3.